The SMILES string of the molecule is COCC(=O)NCc1nc(C)cs1. The first kappa shape index (κ1) is 10.1. The van der Waals surface area contributed by atoms with Gasteiger partial charge in [0.15, 0.2) is 0 Å². The number of nitrogens with zero attached hydrogens (tertiary/aromatic N) is 1. The highest BCUT2D eigenvalue weighted by atomic mass is 32.1. The van der Waals surface area contributed by atoms with Crippen LogP contribution in [0.4, 0.5) is 0 Å². The molecule has 13 heavy (non-hydrogen) atoms. The number of rotatable bonds is 4. The van der Waals surface area contributed by atoms with E-state index in [2.05, 4.69) is 15.0 Å². The summed E-state index contributed by atoms with van der Waals surface area (Å²) in [6.45, 7) is 2.52. The molecule has 1 amide bonds. The van der Waals surface area contributed by atoms with Crippen molar-refractivity contribution in [2.75, 3.05) is 13.7 Å². The van der Waals surface area contributed by atoms with Crippen molar-refractivity contribution in [1.29, 1.82) is 0 Å². The maximum atomic E-state index is 11.0. The second-order valence-corrected chi connectivity index (χ2v) is 3.54. The molecule has 4 nitrogen and oxygen atoms in total. The van der Waals surface area contributed by atoms with E-state index in [1.165, 1.54) is 7.11 Å². The van der Waals surface area contributed by atoms with Gasteiger partial charge in [0.05, 0.1) is 6.54 Å². The predicted molar refractivity (Wildman–Crippen MR) is 50.6 cm³/mol. The number of hydrogen-bond donors (Lipinski definition) is 1. The van der Waals surface area contributed by atoms with Gasteiger partial charge in [-0.3, -0.25) is 4.79 Å². The molecule has 0 fully saturated rings. The Morgan fingerprint density at radius 3 is 3.08 bits per heavy atom. The van der Waals surface area contributed by atoms with Crippen LogP contribution in [0.2, 0.25) is 0 Å². The van der Waals surface area contributed by atoms with Crippen LogP contribution in [0.5, 0.6) is 0 Å². The van der Waals surface area contributed by atoms with Gasteiger partial charge in [-0.25, -0.2) is 4.98 Å². The lowest BCUT2D eigenvalue weighted by atomic mass is 10.5. The molecule has 1 aromatic rings. The summed E-state index contributed by atoms with van der Waals surface area (Å²) < 4.78 is 4.67. The molecule has 1 aromatic heterocycles. The standard InChI is InChI=1S/C8H12N2O2S/c1-6-5-13-8(10-6)3-9-7(11)4-12-2/h5H,3-4H2,1-2H3,(H,9,11). The van der Waals surface area contributed by atoms with E-state index in [4.69, 9.17) is 0 Å². The van der Waals surface area contributed by atoms with Gasteiger partial charge in [0.25, 0.3) is 0 Å². The quantitative estimate of drug-likeness (QED) is 0.779. The van der Waals surface area contributed by atoms with Gasteiger partial charge in [-0.05, 0) is 6.92 Å². The molecule has 0 saturated carbocycles. The lowest BCUT2D eigenvalue weighted by Gasteiger charge is -2.00. The van der Waals surface area contributed by atoms with Gasteiger partial charge in [-0.15, -0.1) is 11.3 Å². The van der Waals surface area contributed by atoms with Crippen LogP contribution in [0.15, 0.2) is 5.38 Å². The molecule has 0 radical (unpaired) electrons. The molecule has 0 aliphatic rings. The molecule has 72 valence electrons. The summed E-state index contributed by atoms with van der Waals surface area (Å²) in [6.07, 6.45) is 0. The number of aromatic nitrogens is 1. The van der Waals surface area contributed by atoms with Crippen LogP contribution in [-0.2, 0) is 16.1 Å². The molecule has 0 bridgehead atoms. The Balaban J connectivity index is 2.30. The normalized spacial score (nSPS) is 10.0. The summed E-state index contributed by atoms with van der Waals surface area (Å²) in [7, 11) is 1.49. The zero-order valence-corrected chi connectivity index (χ0v) is 8.48. The van der Waals surface area contributed by atoms with Crippen molar-refractivity contribution in [2.45, 2.75) is 13.5 Å². The fourth-order valence-electron chi connectivity index (χ4n) is 0.840. The molecule has 1 heterocycles. The molecular weight excluding hydrogens is 188 g/mol. The summed E-state index contributed by atoms with van der Waals surface area (Å²) in [5.74, 6) is -0.115. The topological polar surface area (TPSA) is 51.2 Å². The van der Waals surface area contributed by atoms with Crippen LogP contribution >= 0.6 is 11.3 Å². The average molecular weight is 200 g/mol. The molecule has 0 saturated heterocycles. The third-order valence-electron chi connectivity index (χ3n) is 1.38. The second-order valence-electron chi connectivity index (χ2n) is 2.59. The van der Waals surface area contributed by atoms with Crippen LogP contribution in [0, 0.1) is 6.92 Å². The number of hydrogen-bond acceptors (Lipinski definition) is 4. The molecular formula is C8H12N2O2S. The number of ether oxygens (including phenoxy) is 1. The monoisotopic (exact) mass is 200 g/mol. The maximum absolute atomic E-state index is 11.0. The maximum Gasteiger partial charge on any atom is 0.246 e. The van der Waals surface area contributed by atoms with Gasteiger partial charge in [0.1, 0.15) is 11.6 Å². The Kier molecular flexibility index (Phi) is 3.85. The highest BCUT2D eigenvalue weighted by Gasteiger charge is 2.01. The molecule has 0 unspecified atom stereocenters. The first-order chi connectivity index (χ1) is 6.22. The van der Waals surface area contributed by atoms with Crippen molar-refractivity contribution in [3.8, 4) is 0 Å². The fourth-order valence-corrected chi connectivity index (χ4v) is 1.55. The molecule has 0 spiro atoms. The Labute approximate surface area is 80.9 Å². The zero-order chi connectivity index (χ0) is 9.68. The van der Waals surface area contributed by atoms with E-state index in [0.717, 1.165) is 10.7 Å². The van der Waals surface area contributed by atoms with Crippen molar-refractivity contribution in [1.82, 2.24) is 10.3 Å². The first-order valence-electron chi connectivity index (χ1n) is 3.89. The van der Waals surface area contributed by atoms with Crippen molar-refractivity contribution < 1.29 is 9.53 Å². The Morgan fingerprint density at radius 1 is 1.77 bits per heavy atom. The number of aryl methyl sites for hydroxylation is 1. The lowest BCUT2D eigenvalue weighted by Crippen LogP contribution is -2.26. The summed E-state index contributed by atoms with van der Waals surface area (Å²) >= 11 is 1.54. The Hall–Kier alpha value is -0.940. The van der Waals surface area contributed by atoms with Crippen LogP contribution in [-0.4, -0.2) is 24.6 Å². The summed E-state index contributed by atoms with van der Waals surface area (Å²) in [5, 5.41) is 5.57. The van der Waals surface area contributed by atoms with Crippen molar-refractivity contribution in [3.05, 3.63) is 16.1 Å². The Bertz CT molecular complexity index is 285. The van der Waals surface area contributed by atoms with Gasteiger partial charge >= 0.3 is 0 Å². The zero-order valence-electron chi connectivity index (χ0n) is 7.66. The summed E-state index contributed by atoms with van der Waals surface area (Å²) in [5.41, 5.74) is 0.987. The number of thiazole rings is 1. The smallest absolute Gasteiger partial charge is 0.246 e. The van der Waals surface area contributed by atoms with Crippen LogP contribution < -0.4 is 5.32 Å². The minimum atomic E-state index is -0.115. The molecule has 0 aliphatic carbocycles. The molecule has 0 aromatic carbocycles. The van der Waals surface area contributed by atoms with E-state index >= 15 is 0 Å². The lowest BCUT2D eigenvalue weighted by molar-refractivity contribution is -0.124. The first-order valence-corrected chi connectivity index (χ1v) is 4.77. The van der Waals surface area contributed by atoms with E-state index in [1.54, 1.807) is 11.3 Å². The van der Waals surface area contributed by atoms with Gasteiger partial charge in [-0.2, -0.15) is 0 Å². The van der Waals surface area contributed by atoms with Crippen LogP contribution in [0.25, 0.3) is 0 Å². The van der Waals surface area contributed by atoms with Crippen molar-refractivity contribution in [2.24, 2.45) is 0 Å². The minimum Gasteiger partial charge on any atom is -0.375 e. The van der Waals surface area contributed by atoms with Crippen LogP contribution in [0.1, 0.15) is 10.7 Å². The number of amides is 1. The van der Waals surface area contributed by atoms with Gasteiger partial charge in [0, 0.05) is 18.2 Å². The van der Waals surface area contributed by atoms with Gasteiger partial charge < -0.3 is 10.1 Å². The summed E-state index contributed by atoms with van der Waals surface area (Å²) in [4.78, 5) is 15.2. The second kappa shape index (κ2) is 4.94. The average Bonchev–Trinajstić information content (AvgIpc) is 2.49. The third kappa shape index (κ3) is 3.52. The largest absolute Gasteiger partial charge is 0.375 e. The van der Waals surface area contributed by atoms with Crippen molar-refractivity contribution >= 4 is 17.2 Å². The van der Waals surface area contributed by atoms with E-state index in [-0.39, 0.29) is 12.5 Å². The number of carbonyl (C=O) groups excluding carboxylic acids is 1. The van der Waals surface area contributed by atoms with Crippen LogP contribution in [0.3, 0.4) is 0 Å². The van der Waals surface area contributed by atoms with Gasteiger partial charge in [-0.1, -0.05) is 0 Å². The number of nitrogens with one attached hydrogen (secondary N) is 1. The highest BCUT2D eigenvalue weighted by Crippen LogP contribution is 2.07. The third-order valence-corrected chi connectivity index (χ3v) is 2.35. The van der Waals surface area contributed by atoms with E-state index in [1.807, 2.05) is 12.3 Å². The van der Waals surface area contributed by atoms with E-state index in [9.17, 15) is 4.79 Å². The molecule has 1 rings (SSSR count). The fraction of sp³-hybridized carbons (Fsp3) is 0.500. The molecule has 0 atom stereocenters. The molecule has 5 heteroatoms. The minimum absolute atomic E-state index is 0.102. The molecule has 1 N–H and O–H groups in total. The number of carbonyl (C=O) groups is 1. The number of methoxy groups -OCH3 is 1. The molecule has 0 aliphatic heterocycles. The van der Waals surface area contributed by atoms with Crippen molar-refractivity contribution in [3.63, 3.8) is 0 Å². The summed E-state index contributed by atoms with van der Waals surface area (Å²) in [6, 6.07) is 0. The van der Waals surface area contributed by atoms with E-state index in [0.29, 0.717) is 6.54 Å². The highest BCUT2D eigenvalue weighted by molar-refractivity contribution is 7.09. The Morgan fingerprint density at radius 2 is 2.54 bits per heavy atom. The van der Waals surface area contributed by atoms with Gasteiger partial charge in [0.2, 0.25) is 5.91 Å². The predicted octanol–water partition coefficient (Wildman–Crippen LogP) is 0.714. The van der Waals surface area contributed by atoms with E-state index < -0.39 is 0 Å².